The molecule has 3 rings (SSSR count). The predicted molar refractivity (Wildman–Crippen MR) is 97.2 cm³/mol. The zero-order valence-electron chi connectivity index (χ0n) is 14.0. The Morgan fingerprint density at radius 3 is 2.41 bits per heavy atom. The summed E-state index contributed by atoms with van der Waals surface area (Å²) in [4.78, 5) is 24.5. The quantitative estimate of drug-likeness (QED) is 0.716. The fraction of sp³-hybridized carbons (Fsp3) is 0.158. The van der Waals surface area contributed by atoms with E-state index in [1.807, 2.05) is 5.32 Å². The second kappa shape index (κ2) is 7.08. The Labute approximate surface area is 157 Å². The van der Waals surface area contributed by atoms with Crippen molar-refractivity contribution in [2.24, 2.45) is 0 Å². The normalized spacial score (nSPS) is 12.8. The van der Waals surface area contributed by atoms with E-state index in [2.05, 4.69) is 0 Å². The number of fused-ring (bicyclic) bond motifs is 1. The first-order valence-electron chi connectivity index (χ1n) is 7.97. The number of aromatic nitrogens is 1. The van der Waals surface area contributed by atoms with E-state index in [1.165, 1.54) is 11.5 Å². The average Bonchev–Trinajstić information content (AvgIpc) is 2.61. The van der Waals surface area contributed by atoms with Gasteiger partial charge >= 0.3 is 12.1 Å². The number of pyridine rings is 1. The molecule has 4 nitrogen and oxygen atoms in total. The molecule has 8 heteroatoms. The molecule has 1 heterocycles. The van der Waals surface area contributed by atoms with Crippen molar-refractivity contribution in [1.82, 2.24) is 9.88 Å². The van der Waals surface area contributed by atoms with Gasteiger partial charge in [-0.2, -0.15) is 13.2 Å². The minimum absolute atomic E-state index is 0.207. The maximum absolute atomic E-state index is 13.1. The molecule has 0 fully saturated rings. The van der Waals surface area contributed by atoms with E-state index in [-0.39, 0.29) is 16.1 Å². The lowest BCUT2D eigenvalue weighted by atomic mass is 10.1. The highest BCUT2D eigenvalue weighted by Gasteiger charge is 2.39. The number of nitrogens with zero attached hydrogens (tertiary/aromatic N) is 1. The molecule has 1 aromatic heterocycles. The van der Waals surface area contributed by atoms with Gasteiger partial charge in [0.15, 0.2) is 0 Å². The van der Waals surface area contributed by atoms with Crippen LogP contribution in [0.3, 0.4) is 0 Å². The van der Waals surface area contributed by atoms with Crippen molar-refractivity contribution in [3.05, 3.63) is 75.7 Å². The van der Waals surface area contributed by atoms with E-state index in [1.54, 1.807) is 54.6 Å². The van der Waals surface area contributed by atoms with Crippen LogP contribution < -0.4 is 10.9 Å². The number of amides is 1. The molecular weight excluding hydrogens is 381 g/mol. The largest absolute Gasteiger partial charge is 0.471 e. The number of hydrogen-bond acceptors (Lipinski definition) is 2. The number of para-hydroxylation sites is 1. The number of nitrogens with one attached hydrogen (secondary N) is 1. The summed E-state index contributed by atoms with van der Waals surface area (Å²) in [6.07, 6.45) is -5.02. The van der Waals surface area contributed by atoms with Gasteiger partial charge in [-0.15, -0.1) is 0 Å². The van der Waals surface area contributed by atoms with E-state index < -0.39 is 23.7 Å². The third-order valence-corrected chi connectivity index (χ3v) is 4.40. The summed E-state index contributed by atoms with van der Waals surface area (Å²) in [5, 5.41) is 2.86. The van der Waals surface area contributed by atoms with Gasteiger partial charge < -0.3 is 5.32 Å². The number of carbonyl (C=O) groups excluding carboxylic acids is 1. The van der Waals surface area contributed by atoms with Crippen LogP contribution in [-0.2, 0) is 4.79 Å². The molecule has 0 spiro atoms. The first-order chi connectivity index (χ1) is 12.7. The summed E-state index contributed by atoms with van der Waals surface area (Å²) in [5.74, 6) is -2.08. The Kier molecular flexibility index (Phi) is 4.97. The number of rotatable bonds is 3. The molecule has 1 N–H and O–H groups in total. The second-order valence-electron chi connectivity index (χ2n) is 5.94. The van der Waals surface area contributed by atoms with Crippen molar-refractivity contribution in [2.75, 3.05) is 0 Å². The molecule has 2 aromatic carbocycles. The van der Waals surface area contributed by atoms with E-state index in [9.17, 15) is 22.8 Å². The van der Waals surface area contributed by atoms with E-state index in [0.29, 0.717) is 11.1 Å². The standard InChI is InChI=1S/C19H14ClF3N2O2/c1-11(24-18(27)19(21,22)23)15-10-12-6-5-9-14(20)16(12)17(26)25(15)13-7-3-2-4-8-13/h2-11H,1H3,(H,24,27)/t11-/m0/s1. The van der Waals surface area contributed by atoms with Crippen LogP contribution in [0, 0.1) is 0 Å². The summed E-state index contributed by atoms with van der Waals surface area (Å²) in [6, 6.07) is 13.7. The maximum Gasteiger partial charge on any atom is 0.471 e. The lowest BCUT2D eigenvalue weighted by Crippen LogP contribution is -2.39. The molecule has 0 aliphatic rings. The fourth-order valence-electron chi connectivity index (χ4n) is 2.85. The van der Waals surface area contributed by atoms with E-state index in [0.717, 1.165) is 0 Å². The van der Waals surface area contributed by atoms with Crippen molar-refractivity contribution < 1.29 is 18.0 Å². The van der Waals surface area contributed by atoms with Crippen molar-refractivity contribution in [1.29, 1.82) is 0 Å². The molecule has 3 aromatic rings. The Bertz CT molecular complexity index is 1060. The average molecular weight is 395 g/mol. The zero-order valence-corrected chi connectivity index (χ0v) is 14.8. The maximum atomic E-state index is 13.1. The topological polar surface area (TPSA) is 51.1 Å². The summed E-state index contributed by atoms with van der Waals surface area (Å²) < 4.78 is 39.2. The summed E-state index contributed by atoms with van der Waals surface area (Å²) in [6.45, 7) is 1.38. The van der Waals surface area contributed by atoms with Gasteiger partial charge in [0.25, 0.3) is 5.56 Å². The first kappa shape index (κ1) is 19.0. The van der Waals surface area contributed by atoms with Crippen LogP contribution in [0.25, 0.3) is 16.5 Å². The van der Waals surface area contributed by atoms with Gasteiger partial charge in [0, 0.05) is 11.4 Å². The van der Waals surface area contributed by atoms with Crippen LogP contribution in [0.4, 0.5) is 13.2 Å². The number of carbonyl (C=O) groups is 1. The zero-order chi connectivity index (χ0) is 19.8. The van der Waals surface area contributed by atoms with Gasteiger partial charge in [-0.05, 0) is 36.6 Å². The molecule has 1 atom stereocenters. The Morgan fingerprint density at radius 1 is 1.11 bits per heavy atom. The molecule has 0 aliphatic carbocycles. The Balaban J connectivity index is 2.25. The third kappa shape index (κ3) is 3.68. The minimum Gasteiger partial charge on any atom is -0.340 e. The van der Waals surface area contributed by atoms with Crippen LogP contribution in [0.15, 0.2) is 59.4 Å². The summed E-state index contributed by atoms with van der Waals surface area (Å²) in [5.41, 5.74) is 0.179. The summed E-state index contributed by atoms with van der Waals surface area (Å²) in [7, 11) is 0. The molecule has 0 saturated heterocycles. The molecule has 1 amide bonds. The second-order valence-corrected chi connectivity index (χ2v) is 6.35. The Morgan fingerprint density at radius 2 is 1.78 bits per heavy atom. The molecule has 0 bridgehead atoms. The number of halogens is 4. The van der Waals surface area contributed by atoms with Crippen molar-refractivity contribution in [3.8, 4) is 5.69 Å². The van der Waals surface area contributed by atoms with Crippen molar-refractivity contribution in [2.45, 2.75) is 19.1 Å². The van der Waals surface area contributed by atoms with Crippen LogP contribution in [0.2, 0.25) is 5.02 Å². The van der Waals surface area contributed by atoms with Crippen molar-refractivity contribution >= 4 is 28.3 Å². The van der Waals surface area contributed by atoms with Crippen LogP contribution >= 0.6 is 11.6 Å². The smallest absolute Gasteiger partial charge is 0.340 e. The molecular formula is C19H14ClF3N2O2. The van der Waals surface area contributed by atoms with Gasteiger partial charge in [-0.25, -0.2) is 0 Å². The van der Waals surface area contributed by atoms with Gasteiger partial charge in [0.2, 0.25) is 0 Å². The van der Waals surface area contributed by atoms with E-state index >= 15 is 0 Å². The highest BCUT2D eigenvalue weighted by molar-refractivity contribution is 6.35. The minimum atomic E-state index is -5.02. The number of benzene rings is 2. The van der Waals surface area contributed by atoms with Crippen molar-refractivity contribution in [3.63, 3.8) is 0 Å². The molecule has 0 radical (unpaired) electrons. The van der Waals surface area contributed by atoms with Crippen LogP contribution in [-0.4, -0.2) is 16.7 Å². The van der Waals surface area contributed by atoms with Gasteiger partial charge in [-0.3, -0.25) is 14.2 Å². The van der Waals surface area contributed by atoms with Gasteiger partial charge in [0.1, 0.15) is 0 Å². The predicted octanol–water partition coefficient (Wildman–Crippen LogP) is 4.38. The third-order valence-electron chi connectivity index (χ3n) is 4.09. The fourth-order valence-corrected chi connectivity index (χ4v) is 3.12. The highest BCUT2D eigenvalue weighted by Crippen LogP contribution is 2.26. The van der Waals surface area contributed by atoms with E-state index in [4.69, 9.17) is 11.6 Å². The molecule has 0 aliphatic heterocycles. The lowest BCUT2D eigenvalue weighted by Gasteiger charge is -2.21. The number of hydrogen-bond donors (Lipinski definition) is 1. The Hall–Kier alpha value is -2.80. The van der Waals surface area contributed by atoms with Gasteiger partial charge in [-0.1, -0.05) is 41.9 Å². The molecule has 140 valence electrons. The molecule has 0 unspecified atom stereocenters. The SMILES string of the molecule is C[C@H](NC(=O)C(F)(F)F)c1cc2cccc(Cl)c2c(=O)n1-c1ccccc1. The number of alkyl halides is 3. The first-order valence-corrected chi connectivity index (χ1v) is 8.35. The monoisotopic (exact) mass is 394 g/mol. The molecule has 0 saturated carbocycles. The van der Waals surface area contributed by atoms with Crippen LogP contribution in [0.5, 0.6) is 0 Å². The lowest BCUT2D eigenvalue weighted by molar-refractivity contribution is -0.174. The van der Waals surface area contributed by atoms with Crippen LogP contribution in [0.1, 0.15) is 18.7 Å². The highest BCUT2D eigenvalue weighted by atomic mass is 35.5. The molecule has 27 heavy (non-hydrogen) atoms. The summed E-state index contributed by atoms with van der Waals surface area (Å²) >= 11 is 6.17. The van der Waals surface area contributed by atoms with Gasteiger partial charge in [0.05, 0.1) is 16.5 Å².